The second-order valence-electron chi connectivity index (χ2n) is 7.37. The smallest absolute Gasteiger partial charge is 0.315 e. The van der Waals surface area contributed by atoms with Gasteiger partial charge in [-0.3, -0.25) is 9.69 Å². The van der Waals surface area contributed by atoms with Crippen LogP contribution >= 0.6 is 0 Å². The van der Waals surface area contributed by atoms with E-state index in [0.29, 0.717) is 18.5 Å². The van der Waals surface area contributed by atoms with Gasteiger partial charge in [-0.05, 0) is 37.4 Å². The number of urea groups is 1. The molecule has 2 fully saturated rings. The van der Waals surface area contributed by atoms with Gasteiger partial charge in [-0.1, -0.05) is 48.5 Å². The average Bonchev–Trinajstić information content (AvgIpc) is 2.73. The van der Waals surface area contributed by atoms with E-state index in [2.05, 4.69) is 5.32 Å². The van der Waals surface area contributed by atoms with E-state index in [1.807, 2.05) is 30.3 Å². The first kappa shape index (κ1) is 18.6. The molecule has 3 amide bonds. The van der Waals surface area contributed by atoms with Gasteiger partial charge in [-0.25, -0.2) is 9.18 Å². The number of benzene rings is 2. The van der Waals surface area contributed by atoms with E-state index < -0.39 is 6.04 Å². The molecule has 0 bridgehead atoms. The molecule has 2 unspecified atom stereocenters. The first-order valence-corrected chi connectivity index (χ1v) is 9.78. The lowest BCUT2D eigenvalue weighted by atomic mass is 9.93. The van der Waals surface area contributed by atoms with Crippen molar-refractivity contribution < 1.29 is 14.0 Å². The quantitative estimate of drug-likeness (QED) is 0.866. The van der Waals surface area contributed by atoms with Crippen molar-refractivity contribution in [2.24, 2.45) is 0 Å². The van der Waals surface area contributed by atoms with Crippen molar-refractivity contribution in [3.63, 3.8) is 0 Å². The van der Waals surface area contributed by atoms with Crippen molar-refractivity contribution in [3.8, 4) is 0 Å². The van der Waals surface area contributed by atoms with Crippen LogP contribution in [0.2, 0.25) is 0 Å². The van der Waals surface area contributed by atoms with Gasteiger partial charge in [0, 0.05) is 12.1 Å². The lowest BCUT2D eigenvalue weighted by Crippen LogP contribution is -2.69. The van der Waals surface area contributed by atoms with E-state index in [4.69, 9.17) is 0 Å². The maximum absolute atomic E-state index is 14.2. The number of imide groups is 1. The number of amides is 3. The molecule has 2 heterocycles. The zero-order chi connectivity index (χ0) is 19.5. The van der Waals surface area contributed by atoms with Gasteiger partial charge in [0.05, 0.1) is 12.6 Å². The monoisotopic (exact) mass is 381 g/mol. The van der Waals surface area contributed by atoms with Gasteiger partial charge in [0.15, 0.2) is 0 Å². The molecule has 0 aromatic heterocycles. The van der Waals surface area contributed by atoms with E-state index in [-0.39, 0.29) is 30.3 Å². The van der Waals surface area contributed by atoms with Gasteiger partial charge in [0.25, 0.3) is 0 Å². The Balaban J connectivity index is 1.57. The molecule has 0 saturated carbocycles. The van der Waals surface area contributed by atoms with Gasteiger partial charge in [-0.15, -0.1) is 0 Å². The van der Waals surface area contributed by atoms with Crippen molar-refractivity contribution in [2.45, 2.75) is 37.9 Å². The number of halogens is 1. The molecule has 0 spiro atoms. The van der Waals surface area contributed by atoms with Crippen molar-refractivity contribution >= 4 is 11.9 Å². The number of nitrogens with zero attached hydrogens (tertiary/aromatic N) is 2. The molecular weight excluding hydrogens is 357 g/mol. The molecule has 2 aliphatic rings. The number of fused-ring (bicyclic) bond motifs is 1. The third-order valence-electron chi connectivity index (χ3n) is 5.60. The highest BCUT2D eigenvalue weighted by Gasteiger charge is 2.46. The van der Waals surface area contributed by atoms with Gasteiger partial charge >= 0.3 is 6.03 Å². The van der Waals surface area contributed by atoms with Crippen LogP contribution in [0, 0.1) is 5.82 Å². The maximum atomic E-state index is 14.2. The van der Waals surface area contributed by atoms with Crippen LogP contribution < -0.4 is 5.32 Å². The minimum absolute atomic E-state index is 0.170. The summed E-state index contributed by atoms with van der Waals surface area (Å²) in [6.45, 7) is 1.24. The molecule has 28 heavy (non-hydrogen) atoms. The van der Waals surface area contributed by atoms with Crippen molar-refractivity contribution in [1.82, 2.24) is 15.1 Å². The predicted octanol–water partition coefficient (Wildman–Crippen LogP) is 2.95. The van der Waals surface area contributed by atoms with Crippen molar-refractivity contribution in [3.05, 3.63) is 71.5 Å². The minimum atomic E-state index is -0.422. The normalized spacial score (nSPS) is 22.3. The third-order valence-corrected chi connectivity index (χ3v) is 5.60. The molecule has 0 radical (unpaired) electrons. The largest absolute Gasteiger partial charge is 0.327 e. The Morgan fingerprint density at radius 1 is 1.04 bits per heavy atom. The average molecular weight is 381 g/mol. The summed E-state index contributed by atoms with van der Waals surface area (Å²) in [7, 11) is 0. The molecule has 6 heteroatoms. The van der Waals surface area contributed by atoms with E-state index >= 15 is 0 Å². The molecule has 2 aliphatic heterocycles. The molecule has 2 aromatic carbocycles. The van der Waals surface area contributed by atoms with Gasteiger partial charge < -0.3 is 10.2 Å². The van der Waals surface area contributed by atoms with Gasteiger partial charge in [-0.2, -0.15) is 0 Å². The molecular formula is C22H24FN3O2. The second-order valence-corrected chi connectivity index (χ2v) is 7.37. The molecule has 5 nitrogen and oxygen atoms in total. The zero-order valence-electron chi connectivity index (χ0n) is 15.7. The number of carbonyl (C=O) groups excluding carboxylic acids is 2. The zero-order valence-corrected chi connectivity index (χ0v) is 15.7. The Bertz CT molecular complexity index is 858. The number of hydrogen-bond donors (Lipinski definition) is 1. The number of nitrogens with one attached hydrogen (secondary N) is 1. The van der Waals surface area contributed by atoms with Crippen LogP contribution in [0.4, 0.5) is 9.18 Å². The standard InChI is InChI=1S/C22H24FN3O2/c23-18-10-5-4-9-17(18)15-26-19-11-6-13-24-20(19)21(27)25(22(26)28)14-12-16-7-2-1-3-8-16/h1-5,7-10,19-20,24H,6,11-15H2. The molecule has 2 saturated heterocycles. The Labute approximate surface area is 164 Å². The van der Waals surface area contributed by atoms with Crippen LogP contribution in [0.1, 0.15) is 24.0 Å². The minimum Gasteiger partial charge on any atom is -0.315 e. The van der Waals surface area contributed by atoms with Crippen LogP contribution in [0.5, 0.6) is 0 Å². The summed E-state index contributed by atoms with van der Waals surface area (Å²) in [4.78, 5) is 29.2. The number of carbonyl (C=O) groups is 2. The van der Waals surface area contributed by atoms with Crippen LogP contribution in [-0.4, -0.2) is 46.9 Å². The summed E-state index contributed by atoms with van der Waals surface area (Å²) in [5.41, 5.74) is 1.54. The van der Waals surface area contributed by atoms with Crippen molar-refractivity contribution in [1.29, 1.82) is 0 Å². The van der Waals surface area contributed by atoms with Crippen LogP contribution in [-0.2, 0) is 17.8 Å². The second kappa shape index (κ2) is 8.10. The van der Waals surface area contributed by atoms with Crippen LogP contribution in [0.25, 0.3) is 0 Å². The number of hydrogen-bond acceptors (Lipinski definition) is 3. The lowest BCUT2D eigenvalue weighted by molar-refractivity contribution is -0.137. The summed E-state index contributed by atoms with van der Waals surface area (Å²) in [5, 5.41) is 3.27. The van der Waals surface area contributed by atoms with E-state index in [9.17, 15) is 14.0 Å². The summed E-state index contributed by atoms with van der Waals surface area (Å²) in [5.74, 6) is -0.501. The Morgan fingerprint density at radius 3 is 2.57 bits per heavy atom. The van der Waals surface area contributed by atoms with E-state index in [1.165, 1.54) is 11.0 Å². The Morgan fingerprint density at radius 2 is 1.79 bits per heavy atom. The highest BCUT2D eigenvalue weighted by molar-refractivity contribution is 6.00. The highest BCUT2D eigenvalue weighted by Crippen LogP contribution is 2.27. The topological polar surface area (TPSA) is 52.7 Å². The Hall–Kier alpha value is -2.73. The SMILES string of the molecule is O=C1C2NCCCC2N(Cc2ccccc2F)C(=O)N1CCc1ccccc1. The fourth-order valence-electron chi connectivity index (χ4n) is 4.10. The van der Waals surface area contributed by atoms with Gasteiger partial charge in [0.2, 0.25) is 5.91 Å². The van der Waals surface area contributed by atoms with Crippen LogP contribution in [0.15, 0.2) is 54.6 Å². The maximum Gasteiger partial charge on any atom is 0.327 e. The molecule has 4 rings (SSSR count). The van der Waals surface area contributed by atoms with E-state index in [0.717, 1.165) is 24.9 Å². The van der Waals surface area contributed by atoms with Crippen molar-refractivity contribution in [2.75, 3.05) is 13.1 Å². The molecule has 2 atom stereocenters. The molecule has 1 N–H and O–H groups in total. The van der Waals surface area contributed by atoms with Gasteiger partial charge in [0.1, 0.15) is 11.9 Å². The first-order chi connectivity index (χ1) is 13.6. The number of piperidine rings is 1. The molecule has 0 aliphatic carbocycles. The summed E-state index contributed by atoms with van der Waals surface area (Å²) >= 11 is 0. The molecule has 2 aromatic rings. The van der Waals surface area contributed by atoms with Crippen LogP contribution in [0.3, 0.4) is 0 Å². The molecule has 146 valence electrons. The van der Waals surface area contributed by atoms with E-state index in [1.54, 1.807) is 23.1 Å². The summed E-state index contributed by atoms with van der Waals surface area (Å²) < 4.78 is 14.2. The third kappa shape index (κ3) is 3.64. The fraction of sp³-hybridized carbons (Fsp3) is 0.364. The summed E-state index contributed by atoms with van der Waals surface area (Å²) in [6, 6.07) is 15.3. The fourth-order valence-corrected chi connectivity index (χ4v) is 4.10. The predicted molar refractivity (Wildman–Crippen MR) is 104 cm³/mol. The number of rotatable bonds is 5. The first-order valence-electron chi connectivity index (χ1n) is 9.78. The summed E-state index contributed by atoms with van der Waals surface area (Å²) in [6.07, 6.45) is 2.24. The Kier molecular flexibility index (Phi) is 5.39. The lowest BCUT2D eigenvalue weighted by Gasteiger charge is -2.47. The highest BCUT2D eigenvalue weighted by atomic mass is 19.1.